The van der Waals surface area contributed by atoms with Crippen LogP contribution < -0.4 is 0 Å². The fourth-order valence-electron chi connectivity index (χ4n) is 0.611. The molecule has 0 fully saturated rings. The van der Waals surface area contributed by atoms with E-state index in [0.717, 1.165) is 19.3 Å². The summed E-state index contributed by atoms with van der Waals surface area (Å²) in [5, 5.41) is 0. The van der Waals surface area contributed by atoms with Crippen molar-refractivity contribution in [1.82, 2.24) is 0 Å². The van der Waals surface area contributed by atoms with Crippen molar-refractivity contribution >= 4 is 0 Å². The molecule has 0 rings (SSSR count). The highest BCUT2D eigenvalue weighted by molar-refractivity contribution is 4.79. The summed E-state index contributed by atoms with van der Waals surface area (Å²) in [6.07, 6.45) is 3.87. The van der Waals surface area contributed by atoms with Crippen LogP contribution in [0.5, 0.6) is 0 Å². The maximum Gasteiger partial charge on any atom is 0.141 e. The van der Waals surface area contributed by atoms with E-state index in [0.29, 0.717) is 6.42 Å². The average Bonchev–Trinajstić information content (AvgIpc) is 1.89. The molecule has 9 heavy (non-hydrogen) atoms. The van der Waals surface area contributed by atoms with Gasteiger partial charge in [0, 0.05) is 10.9 Å². The first-order valence-corrected chi connectivity index (χ1v) is 3.27. The van der Waals surface area contributed by atoms with Gasteiger partial charge >= 0.3 is 0 Å². The van der Waals surface area contributed by atoms with E-state index in [2.05, 4.69) is 18.4 Å². The molecular weight excluding hydrogens is 119 g/mol. The minimum Gasteiger partial charge on any atom is -0.300 e. The Balaban J connectivity index is 2.97. The lowest BCUT2D eigenvalue weighted by molar-refractivity contribution is -0.0863. The second kappa shape index (κ2) is 5.60. The van der Waals surface area contributed by atoms with E-state index >= 15 is 0 Å². The maximum absolute atomic E-state index is 11.2. The number of allylic oxidation sites excluding steroid dienone is 1. The van der Waals surface area contributed by atoms with Crippen LogP contribution in [0.25, 0.3) is 0 Å². The molecule has 0 spiro atoms. The van der Waals surface area contributed by atoms with Crippen LogP contribution in [0, 0.1) is 0 Å². The van der Waals surface area contributed by atoms with E-state index in [-0.39, 0.29) is 5.76 Å². The highest BCUT2D eigenvalue weighted by atomic mass is 19.3. The van der Waals surface area contributed by atoms with Crippen LogP contribution >= 0.6 is 0 Å². The first kappa shape index (κ1) is 8.47. The molecule has 54 valence electrons. The van der Waals surface area contributed by atoms with E-state index in [1.807, 2.05) is 0 Å². The van der Waals surface area contributed by atoms with Gasteiger partial charge in [-0.15, -0.1) is 0 Å². The predicted octanol–water partition coefficient (Wildman–Crippen LogP) is 2.98. The summed E-state index contributed by atoms with van der Waals surface area (Å²) in [6, 6.07) is 0. The number of hydrogen-bond donors (Lipinski definition) is 0. The van der Waals surface area contributed by atoms with Crippen molar-refractivity contribution in [3.8, 4) is 0 Å². The Labute approximate surface area is 55.4 Å². The molecule has 0 aliphatic heterocycles. The number of hydrogen-bond acceptors (Lipinski definition) is 1. The minimum atomic E-state index is 0.239. The summed E-state index contributed by atoms with van der Waals surface area (Å²) in [6.45, 7) is 5.44. The van der Waals surface area contributed by atoms with Gasteiger partial charge in [-0.05, 0) is 6.42 Å². The summed E-state index contributed by atoms with van der Waals surface area (Å²) in [5.41, 5.74) is 0. The maximum atomic E-state index is 11.2. The molecule has 0 aromatic heterocycles. The lowest BCUT2D eigenvalue weighted by atomic mass is 10.2. The van der Waals surface area contributed by atoms with Crippen molar-refractivity contribution in [2.75, 3.05) is 0 Å². The van der Waals surface area contributed by atoms with Crippen molar-refractivity contribution in [3.05, 3.63) is 12.3 Å². The molecule has 0 aliphatic rings. The quantitative estimate of drug-likeness (QED) is 0.412. The van der Waals surface area contributed by atoms with Crippen molar-refractivity contribution in [2.45, 2.75) is 32.6 Å². The molecule has 0 aliphatic carbocycles. The average molecular weight is 132 g/mol. The molecule has 0 saturated carbocycles. The van der Waals surface area contributed by atoms with Gasteiger partial charge in [0.05, 0.1) is 0 Å². The van der Waals surface area contributed by atoms with Crippen LogP contribution in [-0.4, -0.2) is 0 Å². The van der Waals surface area contributed by atoms with E-state index in [4.69, 9.17) is 0 Å². The molecular formula is C7H13FO. The van der Waals surface area contributed by atoms with Gasteiger partial charge in [0.25, 0.3) is 0 Å². The van der Waals surface area contributed by atoms with Gasteiger partial charge in [0.1, 0.15) is 5.76 Å². The third kappa shape index (κ3) is 5.34. The zero-order valence-electron chi connectivity index (χ0n) is 5.82. The second-order valence-electron chi connectivity index (χ2n) is 2.07. The monoisotopic (exact) mass is 132 g/mol. The molecule has 0 saturated heterocycles. The molecule has 0 N–H and O–H groups in total. The molecule has 0 heterocycles. The topological polar surface area (TPSA) is 9.23 Å². The number of rotatable bonds is 5. The molecule has 2 heteroatoms. The van der Waals surface area contributed by atoms with Crippen molar-refractivity contribution < 1.29 is 9.47 Å². The Bertz CT molecular complexity index is 81.0. The van der Waals surface area contributed by atoms with Gasteiger partial charge in [-0.25, -0.2) is 0 Å². The summed E-state index contributed by atoms with van der Waals surface area (Å²) >= 11 is 0. The van der Waals surface area contributed by atoms with Crippen LogP contribution in [0.2, 0.25) is 0 Å². The highest BCUT2D eigenvalue weighted by Crippen LogP contribution is 2.07. The summed E-state index contributed by atoms with van der Waals surface area (Å²) in [7, 11) is 0. The zero-order valence-corrected chi connectivity index (χ0v) is 5.82. The largest absolute Gasteiger partial charge is 0.300 e. The van der Waals surface area contributed by atoms with Crippen LogP contribution in [0.15, 0.2) is 12.3 Å². The first-order chi connectivity index (χ1) is 4.31. The first-order valence-electron chi connectivity index (χ1n) is 3.27. The Hall–Kier alpha value is -0.530. The highest BCUT2D eigenvalue weighted by Gasteiger charge is 1.92. The summed E-state index contributed by atoms with van der Waals surface area (Å²) < 4.78 is 11.2. The van der Waals surface area contributed by atoms with Gasteiger partial charge in [-0.3, -0.25) is 4.94 Å². The number of halogens is 1. The lowest BCUT2D eigenvalue weighted by Gasteiger charge is -1.96. The van der Waals surface area contributed by atoms with Crippen LogP contribution in [0.3, 0.4) is 0 Å². The van der Waals surface area contributed by atoms with Crippen molar-refractivity contribution in [3.63, 3.8) is 0 Å². The Morgan fingerprint density at radius 1 is 1.56 bits per heavy atom. The van der Waals surface area contributed by atoms with Crippen LogP contribution in [-0.2, 0) is 4.94 Å². The molecule has 0 unspecified atom stereocenters. The van der Waals surface area contributed by atoms with Crippen LogP contribution in [0.1, 0.15) is 32.6 Å². The van der Waals surface area contributed by atoms with Gasteiger partial charge < -0.3 is 0 Å². The fraction of sp³-hybridized carbons (Fsp3) is 0.714. The van der Waals surface area contributed by atoms with Gasteiger partial charge in [-0.1, -0.05) is 26.3 Å². The molecule has 0 atom stereocenters. The van der Waals surface area contributed by atoms with Gasteiger partial charge in [0.2, 0.25) is 0 Å². The number of unbranched alkanes of at least 4 members (excludes halogenated alkanes) is 2. The molecule has 0 aromatic rings. The van der Waals surface area contributed by atoms with Crippen molar-refractivity contribution in [1.29, 1.82) is 0 Å². The van der Waals surface area contributed by atoms with Crippen molar-refractivity contribution in [2.24, 2.45) is 0 Å². The third-order valence-electron chi connectivity index (χ3n) is 1.17. The molecule has 0 aromatic carbocycles. The van der Waals surface area contributed by atoms with E-state index in [9.17, 15) is 4.53 Å². The third-order valence-corrected chi connectivity index (χ3v) is 1.17. The molecule has 0 amide bonds. The normalized spacial score (nSPS) is 9.11. The smallest absolute Gasteiger partial charge is 0.141 e. The van der Waals surface area contributed by atoms with E-state index in [1.54, 1.807) is 0 Å². The fourth-order valence-corrected chi connectivity index (χ4v) is 0.611. The molecule has 1 nitrogen and oxygen atoms in total. The van der Waals surface area contributed by atoms with Gasteiger partial charge in [0.15, 0.2) is 0 Å². The van der Waals surface area contributed by atoms with E-state index in [1.165, 1.54) is 0 Å². The Kier molecular flexibility index (Phi) is 5.27. The molecule has 0 radical (unpaired) electrons. The Morgan fingerprint density at radius 3 is 2.67 bits per heavy atom. The standard InChI is InChI=1S/C7H13FO/c1-3-4-5-6-7(2)9-8/h2-6H2,1H3. The predicted molar refractivity (Wildman–Crippen MR) is 35.5 cm³/mol. The Morgan fingerprint density at radius 2 is 2.22 bits per heavy atom. The lowest BCUT2D eigenvalue weighted by Crippen LogP contribution is -1.80. The molecule has 0 bridgehead atoms. The van der Waals surface area contributed by atoms with Crippen LogP contribution in [0.4, 0.5) is 4.53 Å². The minimum absolute atomic E-state index is 0.239. The SMILES string of the molecule is C=C(CCCCC)OF. The second-order valence-corrected chi connectivity index (χ2v) is 2.07. The zero-order chi connectivity index (χ0) is 7.11. The summed E-state index contributed by atoms with van der Waals surface area (Å²) in [4.78, 5) is 3.40. The summed E-state index contributed by atoms with van der Waals surface area (Å²) in [5.74, 6) is 0.239. The van der Waals surface area contributed by atoms with Gasteiger partial charge in [-0.2, -0.15) is 0 Å². The van der Waals surface area contributed by atoms with E-state index < -0.39 is 0 Å².